The molecule has 9 nitrogen and oxygen atoms in total. The molecule has 0 saturated carbocycles. The average molecular weight is 534 g/mol. The van der Waals surface area contributed by atoms with Gasteiger partial charge in [0, 0.05) is 11.1 Å². The smallest absolute Gasteiger partial charge is 0.249 e. The largest absolute Gasteiger partial charge is 0.493 e. The Hall–Kier alpha value is -4.47. The number of halogens is 1. The molecule has 0 aliphatic carbocycles. The Morgan fingerprint density at radius 2 is 1.74 bits per heavy atom. The summed E-state index contributed by atoms with van der Waals surface area (Å²) in [5, 5.41) is 11.3. The summed E-state index contributed by atoms with van der Waals surface area (Å²) in [4.78, 5) is 29.4. The number of benzene rings is 3. The van der Waals surface area contributed by atoms with Crippen molar-refractivity contribution in [3.05, 3.63) is 78.1 Å². The van der Waals surface area contributed by atoms with E-state index in [0.717, 1.165) is 4.90 Å². The number of rotatable bonds is 10. The Kier molecular flexibility index (Phi) is 8.13. The van der Waals surface area contributed by atoms with E-state index in [1.807, 2.05) is 32.9 Å². The van der Waals surface area contributed by atoms with Crippen molar-refractivity contribution in [2.24, 2.45) is 0 Å². The number of methoxy groups -OCH3 is 2. The lowest BCUT2D eigenvalue weighted by Gasteiger charge is -2.35. The summed E-state index contributed by atoms with van der Waals surface area (Å²) in [7, 11) is 2.93. The molecule has 2 amide bonds. The predicted molar refractivity (Wildman–Crippen MR) is 146 cm³/mol. The van der Waals surface area contributed by atoms with Gasteiger partial charge in [0.25, 0.3) is 0 Å². The molecular weight excluding hydrogens is 501 g/mol. The maximum absolute atomic E-state index is 15.4. The molecule has 0 aliphatic heterocycles. The van der Waals surface area contributed by atoms with Gasteiger partial charge in [-0.3, -0.25) is 14.5 Å². The molecule has 0 radical (unpaired) electrons. The molecule has 1 N–H and O–H groups in total. The van der Waals surface area contributed by atoms with Gasteiger partial charge in [0.2, 0.25) is 11.8 Å². The fraction of sp³-hybridized carbons (Fsp3) is 0.310. The normalized spacial score (nSPS) is 12.2. The van der Waals surface area contributed by atoms with E-state index in [9.17, 15) is 9.59 Å². The lowest BCUT2D eigenvalue weighted by atomic mass is 9.97. The fourth-order valence-electron chi connectivity index (χ4n) is 4.32. The van der Waals surface area contributed by atoms with Gasteiger partial charge in [0.05, 0.1) is 25.4 Å². The van der Waals surface area contributed by atoms with E-state index in [1.54, 1.807) is 36.4 Å². The molecule has 0 bridgehead atoms. The van der Waals surface area contributed by atoms with Gasteiger partial charge in [-0.2, -0.15) is 0 Å². The maximum Gasteiger partial charge on any atom is 0.249 e. The summed E-state index contributed by atoms with van der Waals surface area (Å²) in [5.74, 6) is -1.12. The van der Waals surface area contributed by atoms with Crippen LogP contribution in [0.4, 0.5) is 10.1 Å². The van der Waals surface area contributed by atoms with E-state index in [-0.39, 0.29) is 18.0 Å². The van der Waals surface area contributed by atoms with Crippen molar-refractivity contribution >= 4 is 28.5 Å². The van der Waals surface area contributed by atoms with Crippen LogP contribution in [0.5, 0.6) is 11.5 Å². The molecule has 39 heavy (non-hydrogen) atoms. The number of carbonyl (C=O) groups excluding carboxylic acids is 2. The van der Waals surface area contributed by atoms with Gasteiger partial charge in [-0.15, -0.1) is 5.10 Å². The van der Waals surface area contributed by atoms with E-state index < -0.39 is 29.2 Å². The highest BCUT2D eigenvalue weighted by atomic mass is 19.1. The third kappa shape index (κ3) is 5.69. The first-order valence-corrected chi connectivity index (χ1v) is 12.6. The Labute approximate surface area is 226 Å². The van der Waals surface area contributed by atoms with Gasteiger partial charge in [-0.1, -0.05) is 48.5 Å². The molecule has 10 heteroatoms. The first-order valence-electron chi connectivity index (χ1n) is 12.6. The zero-order valence-corrected chi connectivity index (χ0v) is 22.6. The molecule has 4 rings (SSSR count). The minimum atomic E-state index is -1.31. The van der Waals surface area contributed by atoms with E-state index in [0.29, 0.717) is 28.8 Å². The van der Waals surface area contributed by atoms with Crippen molar-refractivity contribution in [2.45, 2.75) is 45.3 Å². The summed E-state index contributed by atoms with van der Waals surface area (Å²) >= 11 is 0. The highest BCUT2D eigenvalue weighted by Gasteiger charge is 2.38. The van der Waals surface area contributed by atoms with E-state index in [4.69, 9.17) is 9.47 Å². The van der Waals surface area contributed by atoms with Crippen LogP contribution in [0.2, 0.25) is 0 Å². The van der Waals surface area contributed by atoms with Gasteiger partial charge in [0.1, 0.15) is 23.9 Å². The number of para-hydroxylation sites is 3. The number of aromatic nitrogens is 3. The van der Waals surface area contributed by atoms with Gasteiger partial charge in [-0.25, -0.2) is 9.07 Å². The SMILES string of the molecule is CCC(C)(C)NC(=O)[C@@H](c1cccc(OC)c1OC)N(C(=O)Cn1nnc2ccccc21)c1ccccc1F. The quantitative estimate of drug-likeness (QED) is 0.318. The lowest BCUT2D eigenvalue weighted by Crippen LogP contribution is -2.51. The van der Waals surface area contributed by atoms with Gasteiger partial charge < -0.3 is 14.8 Å². The molecule has 1 atom stereocenters. The second-order valence-corrected chi connectivity index (χ2v) is 9.66. The van der Waals surface area contributed by atoms with E-state index in [2.05, 4.69) is 15.6 Å². The number of nitrogens with zero attached hydrogens (tertiary/aromatic N) is 4. The standard InChI is InChI=1S/C29H32FN5O4/c1-6-29(2,3)31-28(37)26(19-12-11-17-24(38-4)27(19)39-5)35(22-15-9-7-13-20(22)30)25(36)18-34-23-16-10-8-14-21(23)32-33-34/h7-17,26H,6,18H2,1-5H3,(H,31,37)/t26-/m1/s1. The number of hydrogen-bond donors (Lipinski definition) is 1. The highest BCUT2D eigenvalue weighted by Crippen LogP contribution is 2.40. The number of anilines is 1. The van der Waals surface area contributed by atoms with Gasteiger partial charge in [0.15, 0.2) is 11.5 Å². The van der Waals surface area contributed by atoms with Crippen LogP contribution in [0.1, 0.15) is 38.8 Å². The molecule has 0 fully saturated rings. The molecule has 0 saturated heterocycles. The minimum Gasteiger partial charge on any atom is -0.493 e. The molecule has 1 heterocycles. The van der Waals surface area contributed by atoms with Crippen LogP contribution in [-0.2, 0) is 16.1 Å². The highest BCUT2D eigenvalue weighted by molar-refractivity contribution is 6.02. The lowest BCUT2D eigenvalue weighted by molar-refractivity contribution is -0.128. The molecular formula is C29H32FN5O4. The third-order valence-electron chi connectivity index (χ3n) is 6.67. The predicted octanol–water partition coefficient (Wildman–Crippen LogP) is 4.67. The van der Waals surface area contributed by atoms with Crippen LogP contribution in [0.15, 0.2) is 66.7 Å². The number of carbonyl (C=O) groups is 2. The fourth-order valence-corrected chi connectivity index (χ4v) is 4.32. The summed E-state index contributed by atoms with van der Waals surface area (Å²) in [6, 6.07) is 16.8. The Morgan fingerprint density at radius 1 is 1.03 bits per heavy atom. The van der Waals surface area contributed by atoms with Crippen molar-refractivity contribution in [2.75, 3.05) is 19.1 Å². The van der Waals surface area contributed by atoms with Crippen molar-refractivity contribution in [1.29, 1.82) is 0 Å². The van der Waals surface area contributed by atoms with Crippen LogP contribution >= 0.6 is 0 Å². The average Bonchev–Trinajstić information content (AvgIpc) is 3.34. The van der Waals surface area contributed by atoms with E-state index >= 15 is 4.39 Å². The Morgan fingerprint density at radius 3 is 2.44 bits per heavy atom. The molecule has 204 valence electrons. The van der Waals surface area contributed by atoms with Crippen LogP contribution in [0.25, 0.3) is 11.0 Å². The summed E-state index contributed by atoms with van der Waals surface area (Å²) in [6.07, 6.45) is 0.624. The monoisotopic (exact) mass is 533 g/mol. The van der Waals surface area contributed by atoms with Crippen LogP contribution < -0.4 is 19.7 Å². The topological polar surface area (TPSA) is 98.6 Å². The number of nitrogens with one attached hydrogen (secondary N) is 1. The van der Waals surface area contributed by atoms with Crippen LogP contribution in [0, 0.1) is 5.82 Å². The van der Waals surface area contributed by atoms with Crippen molar-refractivity contribution in [3.63, 3.8) is 0 Å². The Balaban J connectivity index is 1.91. The molecule has 0 spiro atoms. The second-order valence-electron chi connectivity index (χ2n) is 9.66. The van der Waals surface area contributed by atoms with Crippen molar-refractivity contribution in [3.8, 4) is 11.5 Å². The van der Waals surface area contributed by atoms with Gasteiger partial charge >= 0.3 is 0 Å². The van der Waals surface area contributed by atoms with Crippen LogP contribution in [-0.4, -0.2) is 46.6 Å². The minimum absolute atomic E-state index is 0.0637. The number of hydrogen-bond acceptors (Lipinski definition) is 6. The number of amides is 2. The third-order valence-corrected chi connectivity index (χ3v) is 6.67. The maximum atomic E-state index is 15.4. The summed E-state index contributed by atoms with van der Waals surface area (Å²) < 4.78 is 27.9. The molecule has 0 aliphatic rings. The van der Waals surface area contributed by atoms with Crippen molar-refractivity contribution < 1.29 is 23.5 Å². The van der Waals surface area contributed by atoms with Gasteiger partial charge in [-0.05, 0) is 50.6 Å². The Bertz CT molecular complexity index is 1490. The first kappa shape index (κ1) is 27.6. The zero-order valence-electron chi connectivity index (χ0n) is 22.6. The summed E-state index contributed by atoms with van der Waals surface area (Å²) in [5.41, 5.74) is 0.906. The molecule has 3 aromatic carbocycles. The van der Waals surface area contributed by atoms with E-state index in [1.165, 1.54) is 37.1 Å². The number of fused-ring (bicyclic) bond motifs is 1. The van der Waals surface area contributed by atoms with Crippen molar-refractivity contribution in [1.82, 2.24) is 20.3 Å². The number of ether oxygens (including phenoxy) is 2. The summed E-state index contributed by atoms with van der Waals surface area (Å²) in [6.45, 7) is 5.41. The molecule has 4 aromatic rings. The molecule has 1 aromatic heterocycles. The second kappa shape index (κ2) is 11.5. The zero-order chi connectivity index (χ0) is 28.2. The van der Waals surface area contributed by atoms with Crippen LogP contribution in [0.3, 0.4) is 0 Å². The molecule has 0 unspecified atom stereocenters. The first-order chi connectivity index (χ1) is 18.7.